The number of nitro groups is 1. The molecule has 0 saturated carbocycles. The van der Waals surface area contributed by atoms with Crippen LogP contribution in [0, 0.1) is 10.1 Å². The van der Waals surface area contributed by atoms with Crippen LogP contribution in [0.1, 0.15) is 18.5 Å². The Balaban J connectivity index is 2.65. The highest BCUT2D eigenvalue weighted by molar-refractivity contribution is 5.77. The van der Waals surface area contributed by atoms with E-state index in [1.807, 2.05) is 0 Å². The van der Waals surface area contributed by atoms with Crippen molar-refractivity contribution in [3.8, 4) is 11.5 Å². The van der Waals surface area contributed by atoms with Gasteiger partial charge in [-0.3, -0.25) is 10.1 Å². The van der Waals surface area contributed by atoms with Gasteiger partial charge in [0.15, 0.2) is 17.5 Å². The van der Waals surface area contributed by atoms with Crippen LogP contribution in [0.15, 0.2) is 47.2 Å². The third-order valence-electron chi connectivity index (χ3n) is 3.88. The molecule has 1 heterocycles. The molecule has 2 rings (SSSR count). The Hall–Kier alpha value is -3.03. The molecule has 8 heteroatoms. The van der Waals surface area contributed by atoms with Crippen LogP contribution in [-0.2, 0) is 4.74 Å². The van der Waals surface area contributed by atoms with E-state index in [2.05, 4.69) is 11.6 Å². The number of hydrogen-bond acceptors (Lipinski definition) is 7. The summed E-state index contributed by atoms with van der Waals surface area (Å²) in [5.41, 5.74) is 0.937. The summed E-state index contributed by atoms with van der Waals surface area (Å²) >= 11 is 0. The van der Waals surface area contributed by atoms with Crippen LogP contribution in [0.4, 0.5) is 0 Å². The smallest absolute Gasteiger partial charge is 0.294 e. The fourth-order valence-corrected chi connectivity index (χ4v) is 2.80. The number of hydrogen-bond donors (Lipinski definition) is 0. The number of allylic oxidation sites excluding steroid dienone is 1. The first-order valence-corrected chi connectivity index (χ1v) is 7.55. The quantitative estimate of drug-likeness (QED) is 0.447. The van der Waals surface area contributed by atoms with Gasteiger partial charge in [-0.05, 0) is 24.6 Å². The van der Waals surface area contributed by atoms with Crippen molar-refractivity contribution < 1.29 is 19.1 Å². The monoisotopic (exact) mass is 347 g/mol. The van der Waals surface area contributed by atoms with Crippen LogP contribution in [0.3, 0.4) is 0 Å². The normalized spacial score (nSPS) is 17.0. The average Bonchev–Trinajstić information content (AvgIpc) is 2.61. The van der Waals surface area contributed by atoms with E-state index in [4.69, 9.17) is 14.2 Å². The molecule has 1 aromatic carbocycles. The topological polar surface area (TPSA) is 86.4 Å². The summed E-state index contributed by atoms with van der Waals surface area (Å²) in [4.78, 5) is 17.2. The summed E-state index contributed by atoms with van der Waals surface area (Å²) < 4.78 is 15.9. The first-order valence-electron chi connectivity index (χ1n) is 7.55. The van der Waals surface area contributed by atoms with Crippen molar-refractivity contribution in [1.82, 2.24) is 4.90 Å². The molecule has 1 aliphatic heterocycles. The van der Waals surface area contributed by atoms with Crippen molar-refractivity contribution in [2.75, 3.05) is 27.9 Å². The molecular formula is C17H21N3O5. The molecule has 0 N–H and O–H groups in total. The van der Waals surface area contributed by atoms with E-state index in [9.17, 15) is 10.1 Å². The van der Waals surface area contributed by atoms with Crippen molar-refractivity contribution in [2.45, 2.75) is 13.0 Å². The maximum atomic E-state index is 11.7. The molecule has 0 radical (unpaired) electrons. The number of rotatable bonds is 6. The van der Waals surface area contributed by atoms with Crippen molar-refractivity contribution in [2.24, 2.45) is 4.99 Å². The number of ether oxygens (including phenoxy) is 3. The summed E-state index contributed by atoms with van der Waals surface area (Å²) in [7, 11) is 4.52. The van der Waals surface area contributed by atoms with Crippen molar-refractivity contribution in [1.29, 1.82) is 0 Å². The lowest BCUT2D eigenvalue weighted by Gasteiger charge is -2.33. The molecule has 1 aliphatic rings. The zero-order chi connectivity index (χ0) is 18.6. The molecule has 0 spiro atoms. The average molecular weight is 347 g/mol. The number of methoxy groups -OCH3 is 3. The molecule has 1 unspecified atom stereocenters. The highest BCUT2D eigenvalue weighted by Crippen LogP contribution is 2.38. The second-order valence-electron chi connectivity index (χ2n) is 5.28. The van der Waals surface area contributed by atoms with Gasteiger partial charge in [0.2, 0.25) is 0 Å². The van der Waals surface area contributed by atoms with Gasteiger partial charge >= 0.3 is 0 Å². The Bertz CT molecular complexity index is 742. The van der Waals surface area contributed by atoms with Crippen LogP contribution in [0.5, 0.6) is 11.5 Å². The third-order valence-corrected chi connectivity index (χ3v) is 3.88. The molecule has 0 amide bonds. The zero-order valence-electron chi connectivity index (χ0n) is 14.7. The van der Waals surface area contributed by atoms with E-state index >= 15 is 0 Å². The SMILES string of the molecule is C=CCN1C(OC)=NC(C)=C([N+](=O)[O-])C1c1ccc(OC)c(OC)c1. The number of nitrogens with zero attached hydrogens (tertiary/aromatic N) is 3. The fourth-order valence-electron chi connectivity index (χ4n) is 2.80. The minimum absolute atomic E-state index is 0.0186. The van der Waals surface area contributed by atoms with Gasteiger partial charge in [-0.1, -0.05) is 12.1 Å². The van der Waals surface area contributed by atoms with E-state index in [1.54, 1.807) is 36.1 Å². The molecular weight excluding hydrogens is 326 g/mol. The highest BCUT2D eigenvalue weighted by atomic mass is 16.6. The van der Waals surface area contributed by atoms with E-state index in [0.717, 1.165) is 0 Å². The first kappa shape index (κ1) is 18.3. The molecule has 0 aromatic heterocycles. The van der Waals surface area contributed by atoms with Crippen LogP contribution >= 0.6 is 0 Å². The second-order valence-corrected chi connectivity index (χ2v) is 5.28. The first-order chi connectivity index (χ1) is 12.0. The van der Waals surface area contributed by atoms with Gasteiger partial charge in [-0.25, -0.2) is 0 Å². The lowest BCUT2D eigenvalue weighted by atomic mass is 9.99. The summed E-state index contributed by atoms with van der Waals surface area (Å²) in [6.45, 7) is 5.64. The molecule has 1 aromatic rings. The number of aliphatic imine (C=N–C) groups is 1. The number of amidine groups is 1. The standard InChI is InChI=1S/C17H21N3O5/c1-6-9-19-16(12-7-8-13(23-3)14(10-12)24-4)15(20(21)22)11(2)18-17(19)25-5/h6-8,10,16H,1,9H2,2-5H3. The van der Waals surface area contributed by atoms with Crippen molar-refractivity contribution in [3.63, 3.8) is 0 Å². The van der Waals surface area contributed by atoms with Crippen LogP contribution in [0.2, 0.25) is 0 Å². The van der Waals surface area contributed by atoms with Crippen molar-refractivity contribution in [3.05, 3.63) is 57.9 Å². The summed E-state index contributed by atoms with van der Waals surface area (Å²) in [5, 5.41) is 11.7. The Morgan fingerprint density at radius 1 is 1.28 bits per heavy atom. The molecule has 0 bridgehead atoms. The van der Waals surface area contributed by atoms with E-state index in [1.165, 1.54) is 21.3 Å². The van der Waals surface area contributed by atoms with Crippen molar-refractivity contribution >= 4 is 6.02 Å². The van der Waals surface area contributed by atoms with E-state index in [0.29, 0.717) is 35.3 Å². The van der Waals surface area contributed by atoms with Gasteiger partial charge in [0.05, 0.1) is 26.3 Å². The van der Waals surface area contributed by atoms with Gasteiger partial charge < -0.3 is 19.1 Å². The van der Waals surface area contributed by atoms with Gasteiger partial charge in [-0.15, -0.1) is 6.58 Å². The molecule has 0 saturated heterocycles. The van der Waals surface area contributed by atoms with E-state index in [-0.39, 0.29) is 5.70 Å². The molecule has 25 heavy (non-hydrogen) atoms. The van der Waals surface area contributed by atoms with Gasteiger partial charge in [0.1, 0.15) is 5.70 Å². The number of benzene rings is 1. The Labute approximate surface area is 146 Å². The Morgan fingerprint density at radius 2 is 1.96 bits per heavy atom. The van der Waals surface area contributed by atoms with Crippen LogP contribution < -0.4 is 9.47 Å². The predicted octanol–water partition coefficient (Wildman–Crippen LogP) is 2.76. The molecule has 0 fully saturated rings. The fraction of sp³-hybridized carbons (Fsp3) is 0.353. The minimum atomic E-state index is -0.694. The minimum Gasteiger partial charge on any atom is -0.493 e. The zero-order valence-corrected chi connectivity index (χ0v) is 14.7. The lowest BCUT2D eigenvalue weighted by Crippen LogP contribution is -2.41. The molecule has 8 nitrogen and oxygen atoms in total. The maximum absolute atomic E-state index is 11.7. The molecule has 0 aliphatic carbocycles. The summed E-state index contributed by atoms with van der Waals surface area (Å²) in [6, 6.07) is 4.79. The largest absolute Gasteiger partial charge is 0.493 e. The van der Waals surface area contributed by atoms with Crippen LogP contribution in [-0.4, -0.2) is 43.7 Å². The Morgan fingerprint density at radius 3 is 2.48 bits per heavy atom. The van der Waals surface area contributed by atoms with Crippen LogP contribution in [0.25, 0.3) is 0 Å². The highest BCUT2D eigenvalue weighted by Gasteiger charge is 2.40. The Kier molecular flexibility index (Phi) is 5.63. The predicted molar refractivity (Wildman–Crippen MR) is 93.3 cm³/mol. The van der Waals surface area contributed by atoms with Gasteiger partial charge in [0.25, 0.3) is 11.7 Å². The third kappa shape index (κ3) is 3.42. The van der Waals surface area contributed by atoms with Gasteiger partial charge in [-0.2, -0.15) is 4.99 Å². The maximum Gasteiger partial charge on any atom is 0.294 e. The summed E-state index contributed by atoms with van der Waals surface area (Å²) in [5.74, 6) is 1.03. The second kappa shape index (κ2) is 7.69. The lowest BCUT2D eigenvalue weighted by molar-refractivity contribution is -0.435. The van der Waals surface area contributed by atoms with E-state index < -0.39 is 11.0 Å². The molecule has 134 valence electrons. The van der Waals surface area contributed by atoms with Gasteiger partial charge in [0, 0.05) is 6.54 Å². The molecule has 1 atom stereocenters. The summed E-state index contributed by atoms with van der Waals surface area (Å²) in [6.07, 6.45) is 1.64.